The molecule has 10 atom stereocenters. The molecule has 1 spiro atoms. The predicted molar refractivity (Wildman–Crippen MR) is 105 cm³/mol. The van der Waals surface area contributed by atoms with Gasteiger partial charge in [-0.2, -0.15) is 0 Å². The first-order valence-electron chi connectivity index (χ1n) is 11.1. The Balaban J connectivity index is 1.70. The van der Waals surface area contributed by atoms with Crippen molar-refractivity contribution in [1.29, 1.82) is 0 Å². The van der Waals surface area contributed by atoms with Crippen molar-refractivity contribution in [3.8, 4) is 0 Å². The normalized spacial score (nSPS) is 53.8. The second kappa shape index (κ2) is 6.61. The number of rotatable bonds is 3. The maximum atomic E-state index is 13.8. The number of hydrogen-bond donors (Lipinski definition) is 1. The molecule has 2 saturated heterocycles. The molecule has 2 aliphatic heterocycles. The van der Waals surface area contributed by atoms with Gasteiger partial charge in [-0.1, -0.05) is 26.0 Å². The monoisotopic (exact) mass is 420 g/mol. The van der Waals surface area contributed by atoms with Crippen LogP contribution in [0.25, 0.3) is 0 Å². The van der Waals surface area contributed by atoms with E-state index in [0.717, 1.165) is 12.8 Å². The van der Waals surface area contributed by atoms with Crippen molar-refractivity contribution in [3.05, 3.63) is 12.2 Å². The highest BCUT2D eigenvalue weighted by molar-refractivity contribution is 5.98. The Kier molecular flexibility index (Phi) is 4.54. The van der Waals surface area contributed by atoms with Crippen molar-refractivity contribution in [2.45, 2.75) is 64.1 Å². The number of ketones is 1. The van der Waals surface area contributed by atoms with E-state index in [1.807, 2.05) is 6.92 Å². The van der Waals surface area contributed by atoms with Gasteiger partial charge >= 0.3 is 5.97 Å². The first kappa shape index (κ1) is 20.6. The summed E-state index contributed by atoms with van der Waals surface area (Å²) in [5.74, 6) is -1.27. The quantitative estimate of drug-likeness (QED) is 0.550. The topological polar surface area (TPSA) is 91.3 Å². The summed E-state index contributed by atoms with van der Waals surface area (Å²) >= 11 is 0. The molecule has 0 amide bonds. The Morgan fingerprint density at radius 3 is 2.83 bits per heavy atom. The summed E-state index contributed by atoms with van der Waals surface area (Å²) < 4.78 is 23.5. The van der Waals surface area contributed by atoms with Crippen molar-refractivity contribution >= 4 is 11.8 Å². The van der Waals surface area contributed by atoms with Gasteiger partial charge in [0.25, 0.3) is 0 Å². The van der Waals surface area contributed by atoms with E-state index in [4.69, 9.17) is 18.9 Å². The molecule has 5 rings (SSSR count). The number of ether oxygens (including phenoxy) is 4. The molecule has 5 aliphatic rings. The van der Waals surface area contributed by atoms with Crippen LogP contribution >= 0.6 is 0 Å². The first-order chi connectivity index (χ1) is 14.3. The van der Waals surface area contributed by atoms with E-state index in [1.165, 1.54) is 7.11 Å². The number of fused-ring (bicyclic) bond motifs is 2. The van der Waals surface area contributed by atoms with Gasteiger partial charge in [0.15, 0.2) is 18.2 Å². The lowest BCUT2D eigenvalue weighted by Gasteiger charge is -2.66. The zero-order chi connectivity index (χ0) is 21.5. The van der Waals surface area contributed by atoms with Crippen molar-refractivity contribution < 1.29 is 33.6 Å². The highest BCUT2D eigenvalue weighted by Crippen LogP contribution is 2.71. The summed E-state index contributed by atoms with van der Waals surface area (Å²) in [7, 11) is 1.28. The molecule has 166 valence electrons. The molecule has 4 fully saturated rings. The number of methoxy groups -OCH3 is 1. The SMILES string of the molecule is CCO[C@@H]1C[C@H]2[C@]3(C(=O)OC)OC[C@@]24[C@H](C(=O)[C@@H]3O)[C@@]2(C)CC=C[C@@H](C)[C@@H]2C[C@H]4O1. The van der Waals surface area contributed by atoms with E-state index in [-0.39, 0.29) is 29.8 Å². The summed E-state index contributed by atoms with van der Waals surface area (Å²) in [6, 6.07) is 0. The zero-order valence-corrected chi connectivity index (χ0v) is 18.1. The maximum absolute atomic E-state index is 13.8. The minimum atomic E-state index is -1.68. The van der Waals surface area contributed by atoms with Crippen molar-refractivity contribution in [1.82, 2.24) is 0 Å². The second-order valence-corrected chi connectivity index (χ2v) is 10.1. The molecule has 0 radical (unpaired) electrons. The minimum Gasteiger partial charge on any atom is -0.467 e. The molecule has 0 aromatic rings. The molecule has 0 aromatic carbocycles. The third-order valence-electron chi connectivity index (χ3n) is 9.03. The largest absolute Gasteiger partial charge is 0.467 e. The van der Waals surface area contributed by atoms with Crippen LogP contribution in [0.1, 0.15) is 40.0 Å². The van der Waals surface area contributed by atoms with Crippen molar-refractivity contribution in [2.24, 2.45) is 34.5 Å². The molecule has 0 unspecified atom stereocenters. The Morgan fingerprint density at radius 2 is 2.13 bits per heavy atom. The fourth-order valence-electron chi connectivity index (χ4n) is 7.94. The Bertz CT molecular complexity index is 794. The number of carbonyl (C=O) groups is 2. The third kappa shape index (κ3) is 2.20. The molecule has 2 saturated carbocycles. The highest BCUT2D eigenvalue weighted by atomic mass is 16.7. The first-order valence-corrected chi connectivity index (χ1v) is 11.1. The van der Waals surface area contributed by atoms with E-state index < -0.39 is 41.2 Å². The van der Waals surface area contributed by atoms with E-state index in [2.05, 4.69) is 26.0 Å². The standard InChI is InChI=1S/C23H32O7/c1-5-28-16-10-14-22-11-29-23(14,20(26)27-4)19(25)17(24)18(22)21(3)8-6-7-12(2)13(21)9-15(22)30-16/h6-7,12-16,18-19,25H,5,8-11H2,1-4H3/t12-,13+,14-,15-,16+,18-,19+,21+,22-,23+/m1/s1. The van der Waals surface area contributed by atoms with Crippen LogP contribution in [0.2, 0.25) is 0 Å². The molecule has 7 nitrogen and oxygen atoms in total. The molecule has 3 aliphatic carbocycles. The van der Waals surface area contributed by atoms with Crippen LogP contribution < -0.4 is 0 Å². The van der Waals surface area contributed by atoms with Crippen LogP contribution in [0.4, 0.5) is 0 Å². The Hall–Kier alpha value is -1.28. The molecule has 1 N–H and O–H groups in total. The van der Waals surface area contributed by atoms with E-state index in [0.29, 0.717) is 18.9 Å². The minimum absolute atomic E-state index is 0.212. The summed E-state index contributed by atoms with van der Waals surface area (Å²) in [4.78, 5) is 26.8. The second-order valence-electron chi connectivity index (χ2n) is 10.1. The smallest absolute Gasteiger partial charge is 0.341 e. The molecule has 30 heavy (non-hydrogen) atoms. The molecule has 2 bridgehead atoms. The van der Waals surface area contributed by atoms with Crippen LogP contribution in [0.3, 0.4) is 0 Å². The number of carbonyl (C=O) groups excluding carboxylic acids is 2. The van der Waals surface area contributed by atoms with Gasteiger partial charge in [-0.05, 0) is 37.0 Å². The molecule has 0 aromatic heterocycles. The summed E-state index contributed by atoms with van der Waals surface area (Å²) in [6.07, 6.45) is 4.02. The Labute approximate surface area is 177 Å². The van der Waals surface area contributed by atoms with Crippen molar-refractivity contribution in [3.63, 3.8) is 0 Å². The van der Waals surface area contributed by atoms with Gasteiger partial charge in [0.05, 0.1) is 19.8 Å². The fraction of sp³-hybridized carbons (Fsp3) is 0.826. The number of aliphatic hydroxyl groups is 1. The number of aliphatic hydroxyl groups excluding tert-OH is 1. The van der Waals surface area contributed by atoms with Gasteiger partial charge in [0.1, 0.15) is 0 Å². The van der Waals surface area contributed by atoms with Gasteiger partial charge in [-0.3, -0.25) is 4.79 Å². The number of hydrogen-bond acceptors (Lipinski definition) is 7. The van der Waals surface area contributed by atoms with Gasteiger partial charge in [0, 0.05) is 30.3 Å². The van der Waals surface area contributed by atoms with Gasteiger partial charge in [-0.25, -0.2) is 4.79 Å². The molecule has 7 heteroatoms. The summed E-state index contributed by atoms with van der Waals surface area (Å²) in [5, 5.41) is 11.3. The van der Waals surface area contributed by atoms with Crippen LogP contribution in [0.5, 0.6) is 0 Å². The molecule has 2 heterocycles. The van der Waals surface area contributed by atoms with E-state index >= 15 is 0 Å². The molecular formula is C23H32O7. The predicted octanol–water partition coefficient (Wildman–Crippen LogP) is 1.86. The fourth-order valence-corrected chi connectivity index (χ4v) is 7.94. The number of esters is 1. The van der Waals surface area contributed by atoms with Gasteiger partial charge in [0.2, 0.25) is 5.60 Å². The van der Waals surface area contributed by atoms with Gasteiger partial charge in [-0.15, -0.1) is 0 Å². The summed E-state index contributed by atoms with van der Waals surface area (Å²) in [5.41, 5.74) is -2.66. The average molecular weight is 421 g/mol. The van der Waals surface area contributed by atoms with Crippen LogP contribution in [0, 0.1) is 34.5 Å². The van der Waals surface area contributed by atoms with E-state index in [1.54, 1.807) is 0 Å². The lowest BCUT2D eigenvalue weighted by atomic mass is 9.38. The van der Waals surface area contributed by atoms with Crippen LogP contribution in [-0.4, -0.2) is 61.3 Å². The maximum Gasteiger partial charge on any atom is 0.341 e. The lowest BCUT2D eigenvalue weighted by molar-refractivity contribution is -0.299. The lowest BCUT2D eigenvalue weighted by Crippen LogP contribution is -2.75. The number of Topliss-reactive ketones (excluding diaryl/α,β-unsaturated/α-hetero) is 1. The number of allylic oxidation sites excluding steroid dienone is 2. The molecular weight excluding hydrogens is 388 g/mol. The summed E-state index contributed by atoms with van der Waals surface area (Å²) in [6.45, 7) is 6.96. The Morgan fingerprint density at radius 1 is 1.37 bits per heavy atom. The highest BCUT2D eigenvalue weighted by Gasteiger charge is 2.82. The van der Waals surface area contributed by atoms with Gasteiger partial charge < -0.3 is 24.1 Å². The van der Waals surface area contributed by atoms with Crippen molar-refractivity contribution in [2.75, 3.05) is 20.3 Å². The van der Waals surface area contributed by atoms with Crippen LogP contribution in [0.15, 0.2) is 12.2 Å². The van der Waals surface area contributed by atoms with E-state index in [9.17, 15) is 14.7 Å². The average Bonchev–Trinajstić information content (AvgIpc) is 3.00. The van der Waals surface area contributed by atoms with Crippen LogP contribution in [-0.2, 0) is 28.5 Å². The zero-order valence-electron chi connectivity index (χ0n) is 18.1. The third-order valence-corrected chi connectivity index (χ3v) is 9.03.